The Labute approximate surface area is 160 Å². The van der Waals surface area contributed by atoms with Crippen molar-refractivity contribution in [3.05, 3.63) is 47.5 Å². The van der Waals surface area contributed by atoms with E-state index in [4.69, 9.17) is 20.9 Å². The van der Waals surface area contributed by atoms with Crippen LogP contribution >= 0.6 is 0 Å². The molecule has 4 N–H and O–H groups in total. The monoisotopic (exact) mass is 369 g/mol. The molecule has 0 aliphatic carbocycles. The van der Waals surface area contributed by atoms with Crippen LogP contribution in [0.2, 0.25) is 0 Å². The molecule has 1 aliphatic rings. The number of carbonyl (C=O) groups excluding carboxylic acids is 1. The van der Waals surface area contributed by atoms with Gasteiger partial charge >= 0.3 is 0 Å². The van der Waals surface area contributed by atoms with Crippen molar-refractivity contribution in [2.24, 2.45) is 5.73 Å². The van der Waals surface area contributed by atoms with E-state index in [2.05, 4.69) is 6.07 Å². The zero-order valence-corrected chi connectivity index (χ0v) is 15.9. The van der Waals surface area contributed by atoms with Gasteiger partial charge in [-0.2, -0.15) is 0 Å². The molecule has 0 unspecified atom stereocenters. The number of hydrogen-bond donors (Lipinski definition) is 2. The van der Waals surface area contributed by atoms with Gasteiger partial charge in [-0.05, 0) is 50.4 Å². The number of para-hydroxylation sites is 1. The maximum Gasteiger partial charge on any atom is 0.260 e. The summed E-state index contributed by atoms with van der Waals surface area (Å²) in [6, 6.07) is 11.4. The molecule has 1 atom stereocenters. The lowest BCUT2D eigenvalue weighted by Crippen LogP contribution is -2.36. The van der Waals surface area contributed by atoms with Crippen molar-refractivity contribution in [2.75, 3.05) is 30.9 Å². The molecule has 1 heterocycles. The summed E-state index contributed by atoms with van der Waals surface area (Å²) in [4.78, 5) is 15.1. The number of methoxy groups -OCH3 is 1. The van der Waals surface area contributed by atoms with Gasteiger partial charge < -0.3 is 25.8 Å². The van der Waals surface area contributed by atoms with Crippen molar-refractivity contribution in [3.63, 3.8) is 0 Å². The van der Waals surface area contributed by atoms with Crippen LogP contribution in [0.25, 0.3) is 0 Å². The van der Waals surface area contributed by atoms with Crippen LogP contribution in [-0.4, -0.2) is 32.2 Å². The van der Waals surface area contributed by atoms with Crippen LogP contribution in [0.1, 0.15) is 35.7 Å². The van der Waals surface area contributed by atoms with Gasteiger partial charge in [0, 0.05) is 23.5 Å². The van der Waals surface area contributed by atoms with Crippen LogP contribution in [-0.2, 0) is 6.42 Å². The van der Waals surface area contributed by atoms with Gasteiger partial charge in [0.1, 0.15) is 0 Å². The van der Waals surface area contributed by atoms with Gasteiger partial charge in [-0.3, -0.25) is 4.79 Å². The maximum atomic E-state index is 13.3. The molecule has 0 spiro atoms. The third kappa shape index (κ3) is 3.85. The second kappa shape index (κ2) is 8.31. The van der Waals surface area contributed by atoms with Crippen molar-refractivity contribution in [3.8, 4) is 11.5 Å². The van der Waals surface area contributed by atoms with Crippen molar-refractivity contribution < 1.29 is 14.3 Å². The van der Waals surface area contributed by atoms with E-state index in [1.165, 1.54) is 5.56 Å². The highest BCUT2D eigenvalue weighted by molar-refractivity contribution is 6.11. The fourth-order valence-electron chi connectivity index (χ4n) is 3.47. The van der Waals surface area contributed by atoms with E-state index in [1.807, 2.05) is 30.0 Å². The van der Waals surface area contributed by atoms with E-state index in [1.54, 1.807) is 19.2 Å². The van der Waals surface area contributed by atoms with Crippen LogP contribution in [0, 0.1) is 0 Å². The number of nitrogen functional groups attached to an aromatic ring is 1. The minimum absolute atomic E-state index is 0.0764. The molecule has 6 heteroatoms. The minimum atomic E-state index is -0.127. The summed E-state index contributed by atoms with van der Waals surface area (Å²) < 4.78 is 11.2. The van der Waals surface area contributed by atoms with Crippen LogP contribution in [0.5, 0.6) is 11.5 Å². The number of nitrogens with two attached hydrogens (primary N) is 2. The van der Waals surface area contributed by atoms with E-state index < -0.39 is 0 Å². The van der Waals surface area contributed by atoms with Crippen LogP contribution < -0.4 is 25.8 Å². The molecule has 0 bridgehead atoms. The smallest absolute Gasteiger partial charge is 0.260 e. The Kier molecular flexibility index (Phi) is 5.86. The first kappa shape index (κ1) is 19.0. The van der Waals surface area contributed by atoms with Crippen molar-refractivity contribution >= 4 is 17.3 Å². The average Bonchev–Trinajstić information content (AvgIpc) is 3.00. The Morgan fingerprint density at radius 2 is 2.00 bits per heavy atom. The van der Waals surface area contributed by atoms with Gasteiger partial charge in [-0.1, -0.05) is 18.2 Å². The van der Waals surface area contributed by atoms with Crippen molar-refractivity contribution in [1.29, 1.82) is 0 Å². The number of hydrogen-bond acceptors (Lipinski definition) is 5. The van der Waals surface area contributed by atoms with E-state index in [0.29, 0.717) is 35.9 Å². The quantitative estimate of drug-likeness (QED) is 0.578. The van der Waals surface area contributed by atoms with Gasteiger partial charge in [-0.25, -0.2) is 0 Å². The fraction of sp³-hybridized carbons (Fsp3) is 0.381. The number of ether oxygens (including phenoxy) is 2. The fourth-order valence-corrected chi connectivity index (χ4v) is 3.47. The highest BCUT2D eigenvalue weighted by Gasteiger charge is 2.32. The van der Waals surface area contributed by atoms with Crippen LogP contribution in [0.4, 0.5) is 11.4 Å². The summed E-state index contributed by atoms with van der Waals surface area (Å²) >= 11 is 0. The molecule has 6 nitrogen and oxygen atoms in total. The molecule has 2 aromatic carbocycles. The normalized spacial score (nSPS) is 15.5. The second-order valence-corrected chi connectivity index (χ2v) is 6.79. The van der Waals surface area contributed by atoms with Crippen molar-refractivity contribution in [1.82, 2.24) is 0 Å². The molecule has 27 heavy (non-hydrogen) atoms. The summed E-state index contributed by atoms with van der Waals surface area (Å²) in [5.41, 5.74) is 14.6. The Balaban J connectivity index is 1.87. The summed E-state index contributed by atoms with van der Waals surface area (Å²) in [5, 5.41) is 0. The summed E-state index contributed by atoms with van der Waals surface area (Å²) in [6.45, 7) is 3.20. The molecule has 2 aromatic rings. The SMILES string of the molecule is COc1cc(C(=O)N2c3ccccc3C[C@H]2C)c(N)cc1OCCCCN. The summed E-state index contributed by atoms with van der Waals surface area (Å²) in [5.74, 6) is 0.914. The number of fused-ring (bicyclic) bond motifs is 1. The van der Waals surface area contributed by atoms with E-state index in [9.17, 15) is 4.79 Å². The first-order chi connectivity index (χ1) is 13.1. The number of benzene rings is 2. The third-order valence-electron chi connectivity index (χ3n) is 4.85. The average molecular weight is 369 g/mol. The van der Waals surface area contributed by atoms with Gasteiger partial charge in [0.2, 0.25) is 0 Å². The standard InChI is InChI=1S/C21H27N3O3/c1-14-11-15-7-3-4-8-18(15)24(14)21(25)16-12-19(26-2)20(13-17(16)23)27-10-6-5-9-22/h3-4,7-8,12-14H,5-6,9-11,22-23H2,1-2H3/t14-/m1/s1. The van der Waals surface area contributed by atoms with Gasteiger partial charge in [0.05, 0.1) is 19.3 Å². The first-order valence-electron chi connectivity index (χ1n) is 9.28. The number of amides is 1. The lowest BCUT2D eigenvalue weighted by Gasteiger charge is -2.24. The van der Waals surface area contributed by atoms with E-state index >= 15 is 0 Å². The first-order valence-corrected chi connectivity index (χ1v) is 9.28. The molecule has 144 valence electrons. The molecule has 0 fully saturated rings. The summed E-state index contributed by atoms with van der Waals surface area (Å²) in [7, 11) is 1.56. The largest absolute Gasteiger partial charge is 0.493 e. The zero-order chi connectivity index (χ0) is 19.4. The molecule has 1 amide bonds. The topological polar surface area (TPSA) is 90.8 Å². The highest BCUT2D eigenvalue weighted by Crippen LogP contribution is 2.37. The zero-order valence-electron chi connectivity index (χ0n) is 15.9. The molecule has 0 aromatic heterocycles. The van der Waals surface area contributed by atoms with E-state index in [0.717, 1.165) is 24.9 Å². The lowest BCUT2D eigenvalue weighted by molar-refractivity contribution is 0.0982. The number of carbonyl (C=O) groups is 1. The van der Waals surface area contributed by atoms with Gasteiger partial charge in [-0.15, -0.1) is 0 Å². The number of rotatable bonds is 7. The molecule has 3 rings (SSSR count). The van der Waals surface area contributed by atoms with Crippen LogP contribution in [0.15, 0.2) is 36.4 Å². The Morgan fingerprint density at radius 1 is 1.22 bits per heavy atom. The second-order valence-electron chi connectivity index (χ2n) is 6.79. The number of nitrogens with zero attached hydrogens (tertiary/aromatic N) is 1. The molecule has 0 radical (unpaired) electrons. The predicted octanol–water partition coefficient (Wildman–Crippen LogP) is 2.99. The molecule has 0 saturated carbocycles. The number of unbranched alkanes of at least 4 members (excludes halogenated alkanes) is 1. The molecular formula is C21H27N3O3. The van der Waals surface area contributed by atoms with Crippen LogP contribution in [0.3, 0.4) is 0 Å². The number of anilines is 2. The lowest BCUT2D eigenvalue weighted by atomic mass is 10.1. The minimum Gasteiger partial charge on any atom is -0.493 e. The van der Waals surface area contributed by atoms with Gasteiger partial charge in [0.15, 0.2) is 11.5 Å². The van der Waals surface area contributed by atoms with Crippen molar-refractivity contribution in [2.45, 2.75) is 32.2 Å². The maximum absolute atomic E-state index is 13.3. The van der Waals surface area contributed by atoms with E-state index in [-0.39, 0.29) is 11.9 Å². The summed E-state index contributed by atoms with van der Waals surface area (Å²) in [6.07, 6.45) is 2.57. The Hall–Kier alpha value is -2.73. The Bertz CT molecular complexity index is 822. The van der Waals surface area contributed by atoms with Gasteiger partial charge in [0.25, 0.3) is 5.91 Å². The molecule has 1 aliphatic heterocycles. The molecular weight excluding hydrogens is 342 g/mol. The Morgan fingerprint density at radius 3 is 2.74 bits per heavy atom. The third-order valence-corrected chi connectivity index (χ3v) is 4.85. The highest BCUT2D eigenvalue weighted by atomic mass is 16.5. The molecule has 0 saturated heterocycles. The predicted molar refractivity (Wildman–Crippen MR) is 108 cm³/mol.